The van der Waals surface area contributed by atoms with Gasteiger partial charge in [0, 0.05) is 17.0 Å². The van der Waals surface area contributed by atoms with E-state index in [1.807, 2.05) is 11.4 Å². The molecule has 7 heteroatoms. The summed E-state index contributed by atoms with van der Waals surface area (Å²) in [6.45, 7) is 0. The normalized spacial score (nSPS) is 11.0. The molecule has 0 fully saturated rings. The lowest BCUT2D eigenvalue weighted by atomic mass is 10.2. The second-order valence-electron chi connectivity index (χ2n) is 5.04. The summed E-state index contributed by atoms with van der Waals surface area (Å²) in [5.41, 5.74) is 2.24. The molecule has 0 aliphatic rings. The number of benzene rings is 2. The van der Waals surface area contributed by atoms with Gasteiger partial charge in [0.1, 0.15) is 5.82 Å². The van der Waals surface area contributed by atoms with E-state index in [9.17, 15) is 9.18 Å². The van der Waals surface area contributed by atoms with Crippen LogP contribution >= 0.6 is 34.5 Å². The van der Waals surface area contributed by atoms with Crippen LogP contribution in [-0.2, 0) is 4.79 Å². The maximum Gasteiger partial charge on any atom is 0.250 e. The molecule has 0 atom stereocenters. The maximum absolute atomic E-state index is 12.8. The van der Waals surface area contributed by atoms with Crippen molar-refractivity contribution in [3.63, 3.8) is 0 Å². The van der Waals surface area contributed by atoms with Crippen LogP contribution in [-0.4, -0.2) is 10.9 Å². The maximum atomic E-state index is 12.8. The van der Waals surface area contributed by atoms with Gasteiger partial charge in [-0.1, -0.05) is 41.4 Å². The molecule has 25 heavy (non-hydrogen) atoms. The van der Waals surface area contributed by atoms with E-state index in [0.29, 0.717) is 20.9 Å². The zero-order chi connectivity index (χ0) is 17.8. The summed E-state index contributed by atoms with van der Waals surface area (Å²) in [4.78, 5) is 16.3. The summed E-state index contributed by atoms with van der Waals surface area (Å²) in [6, 6.07) is 11.1. The van der Waals surface area contributed by atoms with Crippen LogP contribution in [0.4, 0.5) is 9.52 Å². The zero-order valence-electron chi connectivity index (χ0n) is 12.7. The SMILES string of the molecule is O=C(/C=C/c1ccc(F)cc1)Nc1nc(-c2ccc(Cl)c(Cl)c2)cs1. The topological polar surface area (TPSA) is 42.0 Å². The molecular weight excluding hydrogens is 382 g/mol. The predicted octanol–water partition coefficient (Wildman–Crippen LogP) is 5.91. The van der Waals surface area contributed by atoms with Gasteiger partial charge >= 0.3 is 0 Å². The fourth-order valence-electron chi connectivity index (χ4n) is 2.01. The van der Waals surface area contributed by atoms with E-state index in [2.05, 4.69) is 10.3 Å². The van der Waals surface area contributed by atoms with Crippen molar-refractivity contribution in [2.45, 2.75) is 0 Å². The van der Waals surface area contributed by atoms with Gasteiger partial charge in [0.05, 0.1) is 15.7 Å². The standard InChI is InChI=1S/C18H11Cl2FN2OS/c19-14-7-4-12(9-15(14)20)16-10-25-18(22-16)23-17(24)8-3-11-1-5-13(21)6-2-11/h1-10H,(H,22,23,24)/b8-3+. The molecule has 1 aromatic heterocycles. The Balaban J connectivity index is 1.67. The number of carbonyl (C=O) groups is 1. The van der Waals surface area contributed by atoms with Crippen molar-refractivity contribution in [2.75, 3.05) is 5.32 Å². The minimum Gasteiger partial charge on any atom is -0.298 e. The van der Waals surface area contributed by atoms with Crippen LogP contribution in [0, 0.1) is 5.82 Å². The fraction of sp³-hybridized carbons (Fsp3) is 0. The van der Waals surface area contributed by atoms with Gasteiger partial charge < -0.3 is 0 Å². The van der Waals surface area contributed by atoms with Gasteiger partial charge in [-0.25, -0.2) is 9.37 Å². The van der Waals surface area contributed by atoms with Crippen LogP contribution in [0.25, 0.3) is 17.3 Å². The number of nitrogens with one attached hydrogen (secondary N) is 1. The number of aromatic nitrogens is 1. The van der Waals surface area contributed by atoms with E-state index < -0.39 is 0 Å². The molecule has 1 N–H and O–H groups in total. The molecule has 0 aliphatic heterocycles. The molecule has 0 spiro atoms. The van der Waals surface area contributed by atoms with E-state index in [-0.39, 0.29) is 11.7 Å². The Morgan fingerprint density at radius 1 is 1.12 bits per heavy atom. The highest BCUT2D eigenvalue weighted by atomic mass is 35.5. The third-order valence-corrected chi connectivity index (χ3v) is 4.74. The molecule has 0 saturated heterocycles. The Kier molecular flexibility index (Phi) is 5.48. The summed E-state index contributed by atoms with van der Waals surface area (Å²) < 4.78 is 12.8. The molecule has 0 radical (unpaired) electrons. The summed E-state index contributed by atoms with van der Waals surface area (Å²) in [5.74, 6) is -0.640. The van der Waals surface area contributed by atoms with E-state index in [0.717, 1.165) is 11.1 Å². The third kappa shape index (κ3) is 4.66. The molecule has 3 nitrogen and oxygen atoms in total. The van der Waals surface area contributed by atoms with Crippen molar-refractivity contribution >= 4 is 51.7 Å². The van der Waals surface area contributed by atoms with Gasteiger partial charge in [-0.05, 0) is 35.9 Å². The first-order chi connectivity index (χ1) is 12.0. The number of anilines is 1. The van der Waals surface area contributed by atoms with Crippen LogP contribution in [0.2, 0.25) is 10.0 Å². The van der Waals surface area contributed by atoms with Gasteiger partial charge in [0.2, 0.25) is 5.91 Å². The highest BCUT2D eigenvalue weighted by Gasteiger charge is 2.08. The van der Waals surface area contributed by atoms with Crippen molar-refractivity contribution in [1.29, 1.82) is 0 Å². The number of hydrogen-bond donors (Lipinski definition) is 1. The Hall–Kier alpha value is -2.21. The molecule has 0 bridgehead atoms. The predicted molar refractivity (Wildman–Crippen MR) is 102 cm³/mol. The number of amides is 1. The molecule has 1 amide bonds. The number of rotatable bonds is 4. The van der Waals surface area contributed by atoms with E-state index in [1.54, 1.807) is 30.3 Å². The number of hydrogen-bond acceptors (Lipinski definition) is 3. The van der Waals surface area contributed by atoms with Crippen molar-refractivity contribution in [1.82, 2.24) is 4.98 Å². The second-order valence-corrected chi connectivity index (χ2v) is 6.71. The smallest absolute Gasteiger partial charge is 0.250 e. The first-order valence-electron chi connectivity index (χ1n) is 7.17. The van der Waals surface area contributed by atoms with E-state index >= 15 is 0 Å². The van der Waals surface area contributed by atoms with Gasteiger partial charge in [-0.3, -0.25) is 10.1 Å². The minimum atomic E-state index is -0.320. The van der Waals surface area contributed by atoms with Crippen LogP contribution < -0.4 is 5.32 Å². The number of carbonyl (C=O) groups excluding carboxylic acids is 1. The quantitative estimate of drug-likeness (QED) is 0.560. The lowest BCUT2D eigenvalue weighted by Crippen LogP contribution is -2.07. The summed E-state index contributed by atoms with van der Waals surface area (Å²) in [5, 5.41) is 5.89. The van der Waals surface area contributed by atoms with Crippen molar-refractivity contribution in [2.24, 2.45) is 0 Å². The second kappa shape index (κ2) is 7.78. The highest BCUT2D eigenvalue weighted by molar-refractivity contribution is 7.14. The first-order valence-corrected chi connectivity index (χ1v) is 8.80. The van der Waals surface area contributed by atoms with Crippen molar-refractivity contribution < 1.29 is 9.18 Å². The van der Waals surface area contributed by atoms with Gasteiger partial charge in [0.25, 0.3) is 0 Å². The molecule has 3 aromatic rings. The summed E-state index contributed by atoms with van der Waals surface area (Å²) in [7, 11) is 0. The highest BCUT2D eigenvalue weighted by Crippen LogP contribution is 2.30. The Morgan fingerprint density at radius 2 is 1.88 bits per heavy atom. The Labute approximate surface area is 157 Å². The molecule has 0 unspecified atom stereocenters. The van der Waals surface area contributed by atoms with E-state index in [4.69, 9.17) is 23.2 Å². The van der Waals surface area contributed by atoms with Crippen LogP contribution in [0.5, 0.6) is 0 Å². The van der Waals surface area contributed by atoms with Gasteiger partial charge in [0.15, 0.2) is 5.13 Å². The Bertz CT molecular complexity index is 939. The zero-order valence-corrected chi connectivity index (χ0v) is 15.0. The fourth-order valence-corrected chi connectivity index (χ4v) is 3.03. The monoisotopic (exact) mass is 392 g/mol. The molecule has 1 heterocycles. The van der Waals surface area contributed by atoms with Crippen molar-refractivity contribution in [3.05, 3.63) is 75.3 Å². The summed E-state index contributed by atoms with van der Waals surface area (Å²) >= 11 is 13.2. The first kappa shape index (κ1) is 17.6. The molecule has 0 aliphatic carbocycles. The Morgan fingerprint density at radius 3 is 2.60 bits per heavy atom. The summed E-state index contributed by atoms with van der Waals surface area (Å²) in [6.07, 6.45) is 2.97. The molecule has 2 aromatic carbocycles. The minimum absolute atomic E-state index is 0.320. The lowest BCUT2D eigenvalue weighted by Gasteiger charge is -2.00. The lowest BCUT2D eigenvalue weighted by molar-refractivity contribution is -0.111. The van der Waals surface area contributed by atoms with Gasteiger partial charge in [-0.15, -0.1) is 11.3 Å². The number of nitrogens with zero attached hydrogens (tertiary/aromatic N) is 1. The van der Waals surface area contributed by atoms with Crippen LogP contribution in [0.3, 0.4) is 0 Å². The van der Waals surface area contributed by atoms with Crippen LogP contribution in [0.1, 0.15) is 5.56 Å². The molecule has 126 valence electrons. The van der Waals surface area contributed by atoms with Crippen LogP contribution in [0.15, 0.2) is 53.9 Å². The number of thiazole rings is 1. The molecule has 3 rings (SSSR count). The van der Waals surface area contributed by atoms with Crippen molar-refractivity contribution in [3.8, 4) is 11.3 Å². The van der Waals surface area contributed by atoms with Gasteiger partial charge in [-0.2, -0.15) is 0 Å². The van der Waals surface area contributed by atoms with E-state index in [1.165, 1.54) is 29.5 Å². The third-order valence-electron chi connectivity index (χ3n) is 3.25. The molecular formula is C18H11Cl2FN2OS. The average Bonchev–Trinajstić information content (AvgIpc) is 3.05. The molecule has 0 saturated carbocycles. The average molecular weight is 393 g/mol. The number of halogens is 3. The largest absolute Gasteiger partial charge is 0.298 e.